The van der Waals surface area contributed by atoms with Crippen molar-refractivity contribution in [3.63, 3.8) is 0 Å². The third kappa shape index (κ3) is 3.07. The van der Waals surface area contributed by atoms with Crippen LogP contribution in [-0.4, -0.2) is 17.7 Å². The van der Waals surface area contributed by atoms with Crippen LogP contribution in [0.15, 0.2) is 66.8 Å². The van der Waals surface area contributed by atoms with Crippen LogP contribution in [-0.2, 0) is 14.4 Å². The summed E-state index contributed by atoms with van der Waals surface area (Å²) in [6.45, 7) is 1.99. The maximum absolute atomic E-state index is 13.0. The van der Waals surface area contributed by atoms with E-state index in [1.165, 1.54) is 11.0 Å². The average molecular weight is 398 g/mol. The zero-order chi connectivity index (χ0) is 20.8. The predicted molar refractivity (Wildman–Crippen MR) is 115 cm³/mol. The van der Waals surface area contributed by atoms with Crippen LogP contribution in [0, 0.1) is 30.6 Å². The number of rotatable bonds is 4. The van der Waals surface area contributed by atoms with Gasteiger partial charge in [-0.2, -0.15) is 0 Å². The second-order valence-electron chi connectivity index (χ2n) is 8.30. The molecule has 1 saturated heterocycles. The number of allylic oxidation sites excluding steroid dienone is 2. The van der Waals surface area contributed by atoms with Gasteiger partial charge in [-0.25, -0.2) is 4.90 Å². The predicted octanol–water partition coefficient (Wildman–Crippen LogP) is 3.96. The van der Waals surface area contributed by atoms with Gasteiger partial charge in [0.1, 0.15) is 0 Å². The molecule has 1 saturated carbocycles. The SMILES string of the molecule is Cc1ccc(NC(=O)/C=C/c2cccc(N3C(=O)C4C5C=CC(C5)C4C3=O)c2)cc1. The van der Waals surface area contributed by atoms with Crippen LogP contribution in [0.4, 0.5) is 11.4 Å². The second kappa shape index (κ2) is 7.10. The summed E-state index contributed by atoms with van der Waals surface area (Å²) in [6.07, 6.45) is 8.23. The number of anilines is 2. The lowest BCUT2D eigenvalue weighted by molar-refractivity contribution is -0.123. The fraction of sp³-hybridized carbons (Fsp3) is 0.240. The van der Waals surface area contributed by atoms with Crippen LogP contribution in [0.3, 0.4) is 0 Å². The molecule has 1 N–H and O–H groups in total. The van der Waals surface area contributed by atoms with E-state index in [-0.39, 0.29) is 41.4 Å². The first-order chi connectivity index (χ1) is 14.5. The number of nitrogens with zero attached hydrogens (tertiary/aromatic N) is 1. The van der Waals surface area contributed by atoms with E-state index in [1.807, 2.05) is 37.3 Å². The molecule has 5 heteroatoms. The molecule has 3 aliphatic rings. The first-order valence-corrected chi connectivity index (χ1v) is 10.2. The molecule has 2 aromatic carbocycles. The van der Waals surface area contributed by atoms with E-state index < -0.39 is 0 Å². The molecule has 150 valence electrons. The van der Waals surface area contributed by atoms with Gasteiger partial charge in [0.05, 0.1) is 17.5 Å². The van der Waals surface area contributed by atoms with E-state index in [4.69, 9.17) is 0 Å². The summed E-state index contributed by atoms with van der Waals surface area (Å²) in [4.78, 5) is 39.5. The molecule has 0 aromatic heterocycles. The topological polar surface area (TPSA) is 66.5 Å². The molecule has 1 aliphatic heterocycles. The van der Waals surface area contributed by atoms with Crippen molar-refractivity contribution in [2.75, 3.05) is 10.2 Å². The van der Waals surface area contributed by atoms with Gasteiger partial charge in [0.15, 0.2) is 0 Å². The summed E-state index contributed by atoms with van der Waals surface area (Å²) in [5.41, 5.74) is 3.18. The Morgan fingerprint density at radius 2 is 1.67 bits per heavy atom. The van der Waals surface area contributed by atoms with Crippen LogP contribution in [0.1, 0.15) is 17.5 Å². The molecule has 2 fully saturated rings. The van der Waals surface area contributed by atoms with Gasteiger partial charge in [-0.1, -0.05) is 42.0 Å². The van der Waals surface area contributed by atoms with Gasteiger partial charge in [-0.15, -0.1) is 0 Å². The summed E-state index contributed by atoms with van der Waals surface area (Å²) >= 11 is 0. The van der Waals surface area contributed by atoms with E-state index >= 15 is 0 Å². The molecule has 30 heavy (non-hydrogen) atoms. The number of aryl methyl sites for hydroxylation is 1. The van der Waals surface area contributed by atoms with Crippen molar-refractivity contribution < 1.29 is 14.4 Å². The van der Waals surface area contributed by atoms with E-state index in [1.54, 1.807) is 24.3 Å². The smallest absolute Gasteiger partial charge is 0.248 e. The lowest BCUT2D eigenvalue weighted by Crippen LogP contribution is -2.32. The highest BCUT2D eigenvalue weighted by Gasteiger charge is 2.59. The summed E-state index contributed by atoms with van der Waals surface area (Å²) in [5, 5.41) is 2.82. The Morgan fingerprint density at radius 3 is 2.33 bits per heavy atom. The lowest BCUT2D eigenvalue weighted by atomic mass is 9.85. The Kier molecular flexibility index (Phi) is 4.39. The molecule has 0 spiro atoms. The molecular weight excluding hydrogens is 376 g/mol. The van der Waals surface area contributed by atoms with Crippen molar-refractivity contribution in [2.45, 2.75) is 13.3 Å². The van der Waals surface area contributed by atoms with Gasteiger partial charge in [0, 0.05) is 11.8 Å². The van der Waals surface area contributed by atoms with E-state index in [0.29, 0.717) is 5.69 Å². The number of hydrogen-bond donors (Lipinski definition) is 1. The fourth-order valence-electron chi connectivity index (χ4n) is 4.92. The van der Waals surface area contributed by atoms with Crippen molar-refractivity contribution in [2.24, 2.45) is 23.7 Å². The minimum Gasteiger partial charge on any atom is -0.323 e. The fourth-order valence-corrected chi connectivity index (χ4v) is 4.92. The number of amides is 3. The van der Waals surface area contributed by atoms with Crippen molar-refractivity contribution in [1.29, 1.82) is 0 Å². The third-order valence-electron chi connectivity index (χ3n) is 6.35. The number of carbonyl (C=O) groups is 3. The highest BCUT2D eigenvalue weighted by molar-refractivity contribution is 6.22. The lowest BCUT2D eigenvalue weighted by Gasteiger charge is -2.17. The molecular formula is C25H22N2O3. The Bertz CT molecular complexity index is 1070. The maximum atomic E-state index is 13.0. The Labute approximate surface area is 175 Å². The molecule has 4 atom stereocenters. The molecule has 2 aliphatic carbocycles. The maximum Gasteiger partial charge on any atom is 0.248 e. The number of benzene rings is 2. The number of carbonyl (C=O) groups excluding carboxylic acids is 3. The van der Waals surface area contributed by atoms with Gasteiger partial charge < -0.3 is 5.32 Å². The van der Waals surface area contributed by atoms with Crippen LogP contribution in [0.2, 0.25) is 0 Å². The molecule has 2 aromatic rings. The molecule has 4 unspecified atom stereocenters. The van der Waals surface area contributed by atoms with Gasteiger partial charge in [-0.05, 0) is 61.1 Å². The largest absolute Gasteiger partial charge is 0.323 e. The first-order valence-electron chi connectivity index (χ1n) is 10.2. The van der Waals surface area contributed by atoms with E-state index in [2.05, 4.69) is 17.5 Å². The van der Waals surface area contributed by atoms with E-state index in [0.717, 1.165) is 23.2 Å². The number of imide groups is 1. The first kappa shape index (κ1) is 18.6. The minimum absolute atomic E-state index is 0.0971. The molecule has 0 radical (unpaired) electrons. The normalized spacial score (nSPS) is 26.6. The zero-order valence-corrected chi connectivity index (χ0v) is 16.6. The quantitative estimate of drug-likeness (QED) is 0.482. The average Bonchev–Trinajstić information content (AvgIpc) is 3.42. The molecule has 1 heterocycles. The number of nitrogens with one attached hydrogen (secondary N) is 1. The zero-order valence-electron chi connectivity index (χ0n) is 16.6. The van der Waals surface area contributed by atoms with Crippen molar-refractivity contribution in [1.82, 2.24) is 0 Å². The number of hydrogen-bond acceptors (Lipinski definition) is 3. The summed E-state index contributed by atoms with van der Waals surface area (Å²) in [7, 11) is 0. The van der Waals surface area contributed by atoms with Crippen LogP contribution in [0.25, 0.3) is 6.08 Å². The highest BCUT2D eigenvalue weighted by Crippen LogP contribution is 2.53. The molecule has 2 bridgehead atoms. The third-order valence-corrected chi connectivity index (χ3v) is 6.35. The monoisotopic (exact) mass is 398 g/mol. The van der Waals surface area contributed by atoms with E-state index in [9.17, 15) is 14.4 Å². The Morgan fingerprint density at radius 1 is 1.00 bits per heavy atom. The molecule has 5 rings (SSSR count). The van der Waals surface area contributed by atoms with Gasteiger partial charge in [0.2, 0.25) is 17.7 Å². The highest BCUT2D eigenvalue weighted by atomic mass is 16.2. The summed E-state index contributed by atoms with van der Waals surface area (Å²) in [5.74, 6) is -0.487. The number of fused-ring (bicyclic) bond motifs is 5. The van der Waals surface area contributed by atoms with Crippen LogP contribution in [0.5, 0.6) is 0 Å². The Balaban J connectivity index is 1.32. The summed E-state index contributed by atoms with van der Waals surface area (Å²) in [6, 6.07) is 14.8. The summed E-state index contributed by atoms with van der Waals surface area (Å²) < 4.78 is 0. The van der Waals surface area contributed by atoms with Crippen LogP contribution >= 0.6 is 0 Å². The molecule has 3 amide bonds. The second-order valence-corrected chi connectivity index (χ2v) is 8.30. The van der Waals surface area contributed by atoms with Gasteiger partial charge in [-0.3, -0.25) is 14.4 Å². The van der Waals surface area contributed by atoms with Gasteiger partial charge in [0.25, 0.3) is 0 Å². The minimum atomic E-state index is -0.241. The van der Waals surface area contributed by atoms with Crippen LogP contribution < -0.4 is 10.2 Å². The van der Waals surface area contributed by atoms with Crippen molar-refractivity contribution in [3.8, 4) is 0 Å². The molecule has 5 nitrogen and oxygen atoms in total. The van der Waals surface area contributed by atoms with Crippen molar-refractivity contribution in [3.05, 3.63) is 77.9 Å². The van der Waals surface area contributed by atoms with Gasteiger partial charge >= 0.3 is 0 Å². The standard InChI is InChI=1S/C25H22N2O3/c1-15-5-10-19(11-6-15)26-21(28)12-7-16-3-2-4-20(13-16)27-24(29)22-17-8-9-18(14-17)23(22)25(27)30/h2-13,17-18,22-23H,14H2,1H3,(H,26,28)/b12-7+. The van der Waals surface area contributed by atoms with Crippen molar-refractivity contribution >= 4 is 35.2 Å². The Hall–Kier alpha value is -3.47.